The molecule has 33 heavy (non-hydrogen) atoms. The molecule has 1 aliphatic heterocycles. The van der Waals surface area contributed by atoms with Crippen LogP contribution in [-0.2, 0) is 23.0 Å². The number of carbonyl (C=O) groups is 3. The summed E-state index contributed by atoms with van der Waals surface area (Å²) < 4.78 is -1.62. The van der Waals surface area contributed by atoms with E-state index in [4.69, 9.17) is 0 Å². The van der Waals surface area contributed by atoms with Crippen molar-refractivity contribution in [2.24, 2.45) is 11.8 Å². The van der Waals surface area contributed by atoms with Crippen LogP contribution >= 0.6 is 31.9 Å². The van der Waals surface area contributed by atoms with Gasteiger partial charge in [-0.2, -0.15) is 0 Å². The highest BCUT2D eigenvalue weighted by Gasteiger charge is 2.72. The standard InChI is InChI=1S/C26H18Br2N2O3/c1-14(31)29-15-10-12-16(13-11-15)30-23(32)21-22(24(30)33)26(28)18-7-3-2-6-17(18)25(21,27)19-8-4-5-9-20(19)26/h2-13,21-22H,1H3,(H,29,31)/t21-,22+,25?,26?. The summed E-state index contributed by atoms with van der Waals surface area (Å²) in [5.41, 5.74) is 5.12. The Kier molecular flexibility index (Phi) is 4.33. The van der Waals surface area contributed by atoms with Gasteiger partial charge in [-0.05, 0) is 46.5 Å². The first kappa shape index (κ1) is 20.8. The minimum absolute atomic E-state index is 0.184. The molecule has 5 nitrogen and oxygen atoms in total. The van der Waals surface area contributed by atoms with Gasteiger partial charge in [-0.3, -0.25) is 14.4 Å². The number of imide groups is 1. The van der Waals surface area contributed by atoms with Crippen LogP contribution in [0.4, 0.5) is 11.4 Å². The lowest BCUT2D eigenvalue weighted by Gasteiger charge is -2.55. The zero-order chi connectivity index (χ0) is 23.1. The maximum Gasteiger partial charge on any atom is 0.239 e. The molecule has 7 rings (SSSR count). The van der Waals surface area contributed by atoms with Crippen LogP contribution in [0.5, 0.6) is 0 Å². The number of alkyl halides is 2. The minimum Gasteiger partial charge on any atom is -0.326 e. The quantitative estimate of drug-likeness (QED) is 0.349. The maximum atomic E-state index is 14.0. The molecule has 0 spiro atoms. The van der Waals surface area contributed by atoms with Gasteiger partial charge in [-0.25, -0.2) is 4.90 Å². The predicted octanol–water partition coefficient (Wildman–Crippen LogP) is 5.05. The van der Waals surface area contributed by atoms with Crippen molar-refractivity contribution in [3.05, 3.63) is 95.1 Å². The van der Waals surface area contributed by atoms with Crippen molar-refractivity contribution in [2.75, 3.05) is 10.2 Å². The van der Waals surface area contributed by atoms with E-state index in [-0.39, 0.29) is 17.7 Å². The third kappa shape index (κ3) is 2.49. The molecule has 3 aromatic rings. The molecule has 1 heterocycles. The van der Waals surface area contributed by atoms with Crippen molar-refractivity contribution in [2.45, 2.75) is 15.6 Å². The lowest BCUT2D eigenvalue weighted by atomic mass is 9.54. The zero-order valence-corrected chi connectivity index (χ0v) is 20.7. The molecule has 7 heteroatoms. The summed E-state index contributed by atoms with van der Waals surface area (Å²) in [5, 5.41) is 2.71. The number of rotatable bonds is 2. The fraction of sp³-hybridized carbons (Fsp3) is 0.192. The fourth-order valence-corrected chi connectivity index (χ4v) is 8.12. The average Bonchev–Trinajstić information content (AvgIpc) is 3.09. The smallest absolute Gasteiger partial charge is 0.239 e. The third-order valence-electron chi connectivity index (χ3n) is 7.03. The molecule has 0 radical (unpaired) electrons. The average molecular weight is 566 g/mol. The molecule has 164 valence electrons. The molecule has 0 unspecified atom stereocenters. The van der Waals surface area contributed by atoms with Gasteiger partial charge >= 0.3 is 0 Å². The summed E-state index contributed by atoms with van der Waals surface area (Å²) in [5.74, 6) is -1.87. The second kappa shape index (κ2) is 6.87. The first-order chi connectivity index (χ1) is 15.8. The van der Waals surface area contributed by atoms with E-state index >= 15 is 0 Å². The van der Waals surface area contributed by atoms with Crippen molar-refractivity contribution in [3.63, 3.8) is 0 Å². The molecule has 4 aliphatic rings. The molecule has 2 bridgehead atoms. The number of hydrogen-bond donors (Lipinski definition) is 1. The molecule has 3 aromatic carbocycles. The Bertz CT molecular complexity index is 1250. The normalized spacial score (nSPS) is 28.9. The Morgan fingerprint density at radius 1 is 0.758 bits per heavy atom. The van der Waals surface area contributed by atoms with Gasteiger partial charge in [0, 0.05) is 12.6 Å². The van der Waals surface area contributed by atoms with Gasteiger partial charge in [0.25, 0.3) is 0 Å². The molecular weight excluding hydrogens is 548 g/mol. The second-order valence-electron chi connectivity index (χ2n) is 8.71. The molecule has 1 saturated heterocycles. The van der Waals surface area contributed by atoms with Crippen molar-refractivity contribution >= 4 is 61.0 Å². The SMILES string of the molecule is CC(=O)Nc1ccc(N2C(=O)[C@@H]3[C@H](C2=O)C2(Br)c4ccccc4C3(Br)c3ccccc32)cc1. The van der Waals surface area contributed by atoms with Crippen molar-refractivity contribution in [1.29, 1.82) is 0 Å². The summed E-state index contributed by atoms with van der Waals surface area (Å²) >= 11 is 8.00. The number of carbonyl (C=O) groups excluding carboxylic acids is 3. The van der Waals surface area contributed by atoms with E-state index in [0.29, 0.717) is 11.4 Å². The largest absolute Gasteiger partial charge is 0.326 e. The first-order valence-electron chi connectivity index (χ1n) is 10.6. The fourth-order valence-electron chi connectivity index (χ4n) is 5.82. The van der Waals surface area contributed by atoms with Gasteiger partial charge in [-0.15, -0.1) is 0 Å². The molecule has 0 saturated carbocycles. The number of halogens is 2. The van der Waals surface area contributed by atoms with Crippen LogP contribution in [0.1, 0.15) is 29.2 Å². The summed E-state index contributed by atoms with van der Waals surface area (Å²) in [6, 6.07) is 22.8. The van der Waals surface area contributed by atoms with Crippen LogP contribution in [0.2, 0.25) is 0 Å². The van der Waals surface area contributed by atoms with Crippen LogP contribution in [0.3, 0.4) is 0 Å². The predicted molar refractivity (Wildman–Crippen MR) is 133 cm³/mol. The highest BCUT2D eigenvalue weighted by Crippen LogP contribution is 2.70. The van der Waals surface area contributed by atoms with E-state index in [1.807, 2.05) is 48.5 Å². The molecule has 0 aromatic heterocycles. The lowest BCUT2D eigenvalue weighted by Crippen LogP contribution is -2.56. The number of anilines is 2. The van der Waals surface area contributed by atoms with E-state index in [0.717, 1.165) is 22.3 Å². The Hall–Kier alpha value is -2.77. The van der Waals surface area contributed by atoms with E-state index in [1.54, 1.807) is 24.3 Å². The molecule has 3 amide bonds. The van der Waals surface area contributed by atoms with E-state index in [2.05, 4.69) is 37.2 Å². The Morgan fingerprint density at radius 3 is 1.52 bits per heavy atom. The van der Waals surface area contributed by atoms with E-state index in [9.17, 15) is 14.4 Å². The van der Waals surface area contributed by atoms with Crippen molar-refractivity contribution in [1.82, 2.24) is 0 Å². The van der Waals surface area contributed by atoms with Gasteiger partial charge in [0.15, 0.2) is 0 Å². The van der Waals surface area contributed by atoms with Gasteiger partial charge < -0.3 is 5.32 Å². The van der Waals surface area contributed by atoms with Crippen LogP contribution in [0.25, 0.3) is 0 Å². The molecule has 1 fully saturated rings. The summed E-state index contributed by atoms with van der Waals surface area (Å²) in [6.45, 7) is 1.43. The van der Waals surface area contributed by atoms with E-state index < -0.39 is 20.5 Å². The summed E-state index contributed by atoms with van der Waals surface area (Å²) in [7, 11) is 0. The molecule has 3 aliphatic carbocycles. The number of nitrogens with one attached hydrogen (secondary N) is 1. The zero-order valence-electron chi connectivity index (χ0n) is 17.5. The van der Waals surface area contributed by atoms with Gasteiger partial charge in [0.2, 0.25) is 17.7 Å². The minimum atomic E-state index is -0.808. The highest BCUT2D eigenvalue weighted by molar-refractivity contribution is 9.10. The molecule has 2 atom stereocenters. The summed E-state index contributed by atoms with van der Waals surface area (Å²) in [4.78, 5) is 40.6. The van der Waals surface area contributed by atoms with Crippen LogP contribution in [0.15, 0.2) is 72.8 Å². The number of hydrogen-bond acceptors (Lipinski definition) is 3. The maximum absolute atomic E-state index is 14.0. The number of nitrogens with zero attached hydrogens (tertiary/aromatic N) is 1. The number of amides is 3. The van der Waals surface area contributed by atoms with Gasteiger partial charge in [0.1, 0.15) is 0 Å². The van der Waals surface area contributed by atoms with Crippen LogP contribution in [-0.4, -0.2) is 17.7 Å². The van der Waals surface area contributed by atoms with Gasteiger partial charge in [0.05, 0.1) is 26.2 Å². The van der Waals surface area contributed by atoms with Crippen molar-refractivity contribution < 1.29 is 14.4 Å². The van der Waals surface area contributed by atoms with Gasteiger partial charge in [-0.1, -0.05) is 80.4 Å². The van der Waals surface area contributed by atoms with E-state index in [1.165, 1.54) is 11.8 Å². The molecule has 1 N–H and O–H groups in total. The topological polar surface area (TPSA) is 66.5 Å². The third-order valence-corrected chi connectivity index (χ3v) is 9.73. The van der Waals surface area contributed by atoms with Crippen LogP contribution < -0.4 is 10.2 Å². The Labute approximate surface area is 207 Å². The first-order valence-corrected chi connectivity index (χ1v) is 12.2. The monoisotopic (exact) mass is 564 g/mol. The molecular formula is C26H18Br2N2O3. The summed E-state index contributed by atoms with van der Waals surface area (Å²) in [6.07, 6.45) is 0. The van der Waals surface area contributed by atoms with Crippen LogP contribution in [0, 0.1) is 11.8 Å². The lowest BCUT2D eigenvalue weighted by molar-refractivity contribution is -0.122. The van der Waals surface area contributed by atoms with Crippen molar-refractivity contribution in [3.8, 4) is 0 Å². The Morgan fingerprint density at radius 2 is 1.15 bits per heavy atom. The second-order valence-corrected chi connectivity index (χ2v) is 11.2. The highest BCUT2D eigenvalue weighted by atomic mass is 79.9. The number of benzene rings is 3. The Balaban J connectivity index is 1.54.